The van der Waals surface area contributed by atoms with Crippen molar-refractivity contribution in [1.82, 2.24) is 14.7 Å². The molecule has 21 heavy (non-hydrogen) atoms. The molecular formula is C15H20ClN3O2. The van der Waals surface area contributed by atoms with E-state index in [0.717, 1.165) is 16.9 Å². The molecule has 5 nitrogen and oxygen atoms in total. The number of aliphatic hydroxyl groups excluding tert-OH is 2. The highest BCUT2D eigenvalue weighted by atomic mass is 35.5. The summed E-state index contributed by atoms with van der Waals surface area (Å²) in [5, 5.41) is 23.2. The third kappa shape index (κ3) is 3.83. The van der Waals surface area contributed by atoms with Gasteiger partial charge in [0.25, 0.3) is 0 Å². The van der Waals surface area contributed by atoms with Gasteiger partial charge in [0.05, 0.1) is 24.6 Å². The molecule has 0 amide bonds. The predicted molar refractivity (Wildman–Crippen MR) is 82.8 cm³/mol. The number of aliphatic hydroxyl groups is 2. The lowest BCUT2D eigenvalue weighted by molar-refractivity contribution is 0.155. The first-order valence-corrected chi connectivity index (χ1v) is 7.28. The number of rotatable bonds is 7. The largest absolute Gasteiger partial charge is 0.395 e. The molecule has 1 aromatic heterocycles. The summed E-state index contributed by atoms with van der Waals surface area (Å²) in [5.74, 6) is 0. The normalized spacial score (nSPS) is 11.3. The van der Waals surface area contributed by atoms with Crippen molar-refractivity contribution in [3.63, 3.8) is 0 Å². The number of hydrogen-bond donors (Lipinski definition) is 2. The molecule has 0 aliphatic heterocycles. The van der Waals surface area contributed by atoms with Crippen molar-refractivity contribution in [1.29, 1.82) is 0 Å². The molecule has 0 fully saturated rings. The van der Waals surface area contributed by atoms with Gasteiger partial charge in [-0.2, -0.15) is 5.10 Å². The summed E-state index contributed by atoms with van der Waals surface area (Å²) in [6.45, 7) is 3.54. The molecule has 2 rings (SSSR count). The van der Waals surface area contributed by atoms with Crippen LogP contribution in [0, 0.1) is 6.92 Å². The smallest absolute Gasteiger partial charge is 0.137 e. The van der Waals surface area contributed by atoms with Crippen LogP contribution in [0.1, 0.15) is 11.3 Å². The minimum atomic E-state index is 0.0451. The second-order valence-electron chi connectivity index (χ2n) is 4.83. The highest BCUT2D eigenvalue weighted by Crippen LogP contribution is 2.24. The van der Waals surface area contributed by atoms with Crippen molar-refractivity contribution in [2.24, 2.45) is 0 Å². The van der Waals surface area contributed by atoms with E-state index in [4.69, 9.17) is 21.8 Å². The average Bonchev–Trinajstić information content (AvgIpc) is 2.77. The molecule has 0 radical (unpaired) electrons. The summed E-state index contributed by atoms with van der Waals surface area (Å²) in [7, 11) is 0. The van der Waals surface area contributed by atoms with E-state index in [9.17, 15) is 0 Å². The number of hydrogen-bond acceptors (Lipinski definition) is 4. The van der Waals surface area contributed by atoms with Crippen molar-refractivity contribution in [2.45, 2.75) is 13.5 Å². The Hall–Kier alpha value is -1.40. The topological polar surface area (TPSA) is 61.5 Å². The molecule has 0 atom stereocenters. The molecule has 0 unspecified atom stereocenters. The van der Waals surface area contributed by atoms with E-state index < -0.39 is 0 Å². The second kappa shape index (κ2) is 7.56. The van der Waals surface area contributed by atoms with Crippen LogP contribution in [0.2, 0.25) is 5.15 Å². The van der Waals surface area contributed by atoms with Crippen molar-refractivity contribution < 1.29 is 10.2 Å². The van der Waals surface area contributed by atoms with Gasteiger partial charge in [-0.15, -0.1) is 0 Å². The number of benzene rings is 1. The number of aromatic nitrogens is 2. The molecule has 0 bridgehead atoms. The van der Waals surface area contributed by atoms with Crippen molar-refractivity contribution in [2.75, 3.05) is 26.3 Å². The van der Waals surface area contributed by atoms with E-state index in [1.54, 1.807) is 4.68 Å². The molecule has 0 spiro atoms. The van der Waals surface area contributed by atoms with E-state index in [0.29, 0.717) is 24.8 Å². The third-order valence-corrected chi connectivity index (χ3v) is 3.72. The number of halogens is 1. The van der Waals surface area contributed by atoms with Gasteiger partial charge in [0, 0.05) is 25.2 Å². The van der Waals surface area contributed by atoms with Crippen LogP contribution in [0.3, 0.4) is 0 Å². The van der Waals surface area contributed by atoms with Crippen LogP contribution in [0.25, 0.3) is 5.69 Å². The lowest BCUT2D eigenvalue weighted by atomic mass is 10.2. The van der Waals surface area contributed by atoms with Gasteiger partial charge in [0.15, 0.2) is 0 Å². The fourth-order valence-corrected chi connectivity index (χ4v) is 2.56. The Morgan fingerprint density at radius 3 is 2.33 bits per heavy atom. The average molecular weight is 310 g/mol. The zero-order valence-electron chi connectivity index (χ0n) is 12.0. The molecule has 2 aromatic rings. The van der Waals surface area contributed by atoms with Crippen LogP contribution in [-0.4, -0.2) is 51.2 Å². The van der Waals surface area contributed by atoms with Crippen LogP contribution in [0.4, 0.5) is 0 Å². The van der Waals surface area contributed by atoms with Gasteiger partial charge in [0.1, 0.15) is 5.15 Å². The molecule has 1 heterocycles. The number of nitrogens with zero attached hydrogens (tertiary/aromatic N) is 3. The maximum Gasteiger partial charge on any atom is 0.137 e. The van der Waals surface area contributed by atoms with Crippen LogP contribution in [-0.2, 0) is 6.54 Å². The van der Waals surface area contributed by atoms with Crippen molar-refractivity contribution >= 4 is 11.6 Å². The van der Waals surface area contributed by atoms with E-state index in [2.05, 4.69) is 5.10 Å². The van der Waals surface area contributed by atoms with Gasteiger partial charge in [0.2, 0.25) is 0 Å². The summed E-state index contributed by atoms with van der Waals surface area (Å²) in [5.41, 5.74) is 2.68. The summed E-state index contributed by atoms with van der Waals surface area (Å²) >= 11 is 6.46. The van der Waals surface area contributed by atoms with Gasteiger partial charge < -0.3 is 10.2 Å². The Morgan fingerprint density at radius 1 is 1.14 bits per heavy atom. The maximum atomic E-state index is 9.09. The van der Waals surface area contributed by atoms with Gasteiger partial charge in [-0.3, -0.25) is 4.90 Å². The number of aryl methyl sites for hydroxylation is 1. The molecular weight excluding hydrogens is 290 g/mol. The quantitative estimate of drug-likeness (QED) is 0.816. The summed E-state index contributed by atoms with van der Waals surface area (Å²) < 4.78 is 1.71. The molecule has 1 aromatic carbocycles. The van der Waals surface area contributed by atoms with Gasteiger partial charge in [-0.1, -0.05) is 29.8 Å². The molecule has 0 aliphatic carbocycles. The predicted octanol–water partition coefficient (Wildman–Crippen LogP) is 1.62. The molecule has 2 N–H and O–H groups in total. The van der Waals surface area contributed by atoms with Crippen molar-refractivity contribution in [3.8, 4) is 5.69 Å². The summed E-state index contributed by atoms with van der Waals surface area (Å²) in [6.07, 6.45) is 0. The van der Waals surface area contributed by atoms with Crippen LogP contribution in [0.15, 0.2) is 30.3 Å². The fraction of sp³-hybridized carbons (Fsp3) is 0.400. The van der Waals surface area contributed by atoms with E-state index in [-0.39, 0.29) is 13.2 Å². The summed E-state index contributed by atoms with van der Waals surface area (Å²) in [4.78, 5) is 1.95. The van der Waals surface area contributed by atoms with E-state index >= 15 is 0 Å². The minimum Gasteiger partial charge on any atom is -0.395 e. The molecule has 0 saturated heterocycles. The van der Waals surface area contributed by atoms with Crippen LogP contribution < -0.4 is 0 Å². The summed E-state index contributed by atoms with van der Waals surface area (Å²) in [6, 6.07) is 9.71. The molecule has 0 aliphatic rings. The maximum absolute atomic E-state index is 9.09. The zero-order chi connectivity index (χ0) is 15.2. The fourth-order valence-electron chi connectivity index (χ4n) is 2.23. The lowest BCUT2D eigenvalue weighted by Gasteiger charge is -2.19. The highest BCUT2D eigenvalue weighted by Gasteiger charge is 2.17. The van der Waals surface area contributed by atoms with E-state index in [1.807, 2.05) is 42.2 Å². The van der Waals surface area contributed by atoms with Crippen molar-refractivity contribution in [3.05, 3.63) is 46.7 Å². The van der Waals surface area contributed by atoms with Gasteiger partial charge >= 0.3 is 0 Å². The zero-order valence-corrected chi connectivity index (χ0v) is 12.8. The minimum absolute atomic E-state index is 0.0451. The Morgan fingerprint density at radius 2 is 1.76 bits per heavy atom. The first-order chi connectivity index (χ1) is 10.2. The van der Waals surface area contributed by atoms with Gasteiger partial charge in [-0.25, -0.2) is 4.68 Å². The standard InChI is InChI=1S/C15H20ClN3O2/c1-12-14(11-18(7-9-20)8-10-21)15(16)19(17-12)13-5-3-2-4-6-13/h2-6,20-21H,7-11H2,1H3. The first kappa shape index (κ1) is 16.0. The van der Waals surface area contributed by atoms with E-state index in [1.165, 1.54) is 0 Å². The lowest BCUT2D eigenvalue weighted by Crippen LogP contribution is -2.29. The SMILES string of the molecule is Cc1nn(-c2ccccc2)c(Cl)c1CN(CCO)CCO. The van der Waals surface area contributed by atoms with Crippen LogP contribution >= 0.6 is 11.6 Å². The molecule has 114 valence electrons. The monoisotopic (exact) mass is 309 g/mol. The van der Waals surface area contributed by atoms with Gasteiger partial charge in [-0.05, 0) is 19.1 Å². The molecule has 0 saturated carbocycles. The Kier molecular flexibility index (Phi) is 5.76. The second-order valence-corrected chi connectivity index (χ2v) is 5.18. The Labute approximate surface area is 129 Å². The first-order valence-electron chi connectivity index (χ1n) is 6.91. The van der Waals surface area contributed by atoms with Crippen LogP contribution in [0.5, 0.6) is 0 Å². The number of para-hydroxylation sites is 1. The third-order valence-electron chi connectivity index (χ3n) is 3.34. The highest BCUT2D eigenvalue weighted by molar-refractivity contribution is 6.30. The molecule has 6 heteroatoms. The Bertz CT molecular complexity index is 566. The Balaban J connectivity index is 2.27.